The Morgan fingerprint density at radius 1 is 1.35 bits per heavy atom. The number of aromatic carboxylic acids is 1. The molecule has 0 saturated carbocycles. The zero-order valence-corrected chi connectivity index (χ0v) is 12.9. The van der Waals surface area contributed by atoms with Gasteiger partial charge >= 0.3 is 5.97 Å². The Kier molecular flexibility index (Phi) is 3.82. The van der Waals surface area contributed by atoms with Crippen LogP contribution in [0.25, 0.3) is 0 Å². The van der Waals surface area contributed by atoms with Crippen LogP contribution in [-0.2, 0) is 11.3 Å². The third kappa shape index (κ3) is 2.79. The number of carboxylic acids is 1. The minimum atomic E-state index is -1.04. The zero-order chi connectivity index (χ0) is 16.6. The Hall–Kier alpha value is -2.76. The highest BCUT2D eigenvalue weighted by atomic mass is 16.5. The summed E-state index contributed by atoms with van der Waals surface area (Å²) in [5.74, 6) is 0.0591. The summed E-state index contributed by atoms with van der Waals surface area (Å²) in [7, 11) is 1.67. The molecule has 1 atom stereocenters. The molecule has 0 saturated heterocycles. The van der Waals surface area contributed by atoms with Crippen molar-refractivity contribution in [3.63, 3.8) is 0 Å². The predicted molar refractivity (Wildman–Crippen MR) is 81.6 cm³/mol. The van der Waals surface area contributed by atoms with Gasteiger partial charge in [0, 0.05) is 12.6 Å². The largest absolute Gasteiger partial charge is 0.492 e. The van der Waals surface area contributed by atoms with Gasteiger partial charge in [0.15, 0.2) is 0 Å². The van der Waals surface area contributed by atoms with Gasteiger partial charge < -0.3 is 19.2 Å². The normalized spacial score (nSPS) is 15.8. The Bertz CT molecular complexity index is 764. The Labute approximate surface area is 133 Å². The van der Waals surface area contributed by atoms with E-state index in [1.54, 1.807) is 14.0 Å². The van der Waals surface area contributed by atoms with Gasteiger partial charge in [0.05, 0.1) is 6.54 Å². The van der Waals surface area contributed by atoms with E-state index >= 15 is 0 Å². The Morgan fingerprint density at radius 2 is 2.09 bits per heavy atom. The molecular formula is C17H17NO5. The summed E-state index contributed by atoms with van der Waals surface area (Å²) in [5.41, 5.74) is 1.00. The van der Waals surface area contributed by atoms with E-state index in [9.17, 15) is 9.59 Å². The first-order chi connectivity index (χ1) is 11.0. The molecule has 2 aromatic rings. The number of nitrogens with zero attached hydrogens (tertiary/aromatic N) is 1. The van der Waals surface area contributed by atoms with Crippen LogP contribution in [0.5, 0.6) is 5.75 Å². The van der Waals surface area contributed by atoms with Crippen molar-refractivity contribution in [3.05, 3.63) is 53.0 Å². The second-order valence-electron chi connectivity index (χ2n) is 5.58. The van der Waals surface area contributed by atoms with Gasteiger partial charge in [0.1, 0.15) is 35.4 Å². The van der Waals surface area contributed by atoms with E-state index in [-0.39, 0.29) is 23.9 Å². The maximum atomic E-state index is 12.6. The number of fused-ring (bicyclic) bond motifs is 1. The molecule has 0 bridgehead atoms. The predicted octanol–water partition coefficient (Wildman–Crippen LogP) is 2.42. The van der Waals surface area contributed by atoms with E-state index in [1.807, 2.05) is 24.3 Å². The number of carboxylic acid groups (broad SMARTS) is 1. The molecule has 1 aliphatic heterocycles. The summed E-state index contributed by atoms with van der Waals surface area (Å²) in [4.78, 5) is 25.2. The second-order valence-corrected chi connectivity index (χ2v) is 5.58. The minimum absolute atomic E-state index is 0.0825. The maximum Gasteiger partial charge on any atom is 0.339 e. The van der Waals surface area contributed by atoms with Crippen molar-refractivity contribution in [2.75, 3.05) is 13.7 Å². The SMILES string of the molecule is Cc1oc(CN(C)C(=O)[C@H]2COc3ccccc32)cc1C(=O)O. The molecular weight excluding hydrogens is 298 g/mol. The molecule has 1 aromatic carbocycles. The van der Waals surface area contributed by atoms with E-state index in [0.717, 1.165) is 11.3 Å². The number of hydrogen-bond donors (Lipinski definition) is 1. The maximum absolute atomic E-state index is 12.6. The summed E-state index contributed by atoms with van der Waals surface area (Å²) in [6.45, 7) is 2.13. The number of carbonyl (C=O) groups excluding carboxylic acids is 1. The summed E-state index contributed by atoms with van der Waals surface area (Å²) in [6, 6.07) is 8.94. The van der Waals surface area contributed by atoms with E-state index in [1.165, 1.54) is 11.0 Å². The van der Waals surface area contributed by atoms with Crippen LogP contribution in [0.2, 0.25) is 0 Å². The van der Waals surface area contributed by atoms with Crippen molar-refractivity contribution >= 4 is 11.9 Å². The quantitative estimate of drug-likeness (QED) is 0.937. The van der Waals surface area contributed by atoms with Crippen LogP contribution < -0.4 is 4.74 Å². The number of furan rings is 1. The molecule has 120 valence electrons. The molecule has 1 amide bonds. The minimum Gasteiger partial charge on any atom is -0.492 e. The number of para-hydroxylation sites is 1. The van der Waals surface area contributed by atoms with Gasteiger partial charge in [-0.15, -0.1) is 0 Å². The molecule has 6 nitrogen and oxygen atoms in total. The zero-order valence-electron chi connectivity index (χ0n) is 12.9. The van der Waals surface area contributed by atoms with Crippen LogP contribution in [0.4, 0.5) is 0 Å². The number of rotatable bonds is 4. The van der Waals surface area contributed by atoms with E-state index in [0.29, 0.717) is 18.1 Å². The van der Waals surface area contributed by atoms with E-state index in [2.05, 4.69) is 0 Å². The lowest BCUT2D eigenvalue weighted by atomic mass is 10.00. The van der Waals surface area contributed by atoms with Gasteiger partial charge in [-0.25, -0.2) is 4.79 Å². The molecule has 0 radical (unpaired) electrons. The summed E-state index contributed by atoms with van der Waals surface area (Å²) in [5, 5.41) is 9.05. The smallest absolute Gasteiger partial charge is 0.339 e. The fourth-order valence-corrected chi connectivity index (χ4v) is 2.78. The van der Waals surface area contributed by atoms with Crippen molar-refractivity contribution < 1.29 is 23.8 Å². The number of carbonyl (C=O) groups is 2. The van der Waals surface area contributed by atoms with Crippen molar-refractivity contribution in [3.8, 4) is 5.75 Å². The number of amides is 1. The van der Waals surface area contributed by atoms with Crippen LogP contribution in [0.3, 0.4) is 0 Å². The van der Waals surface area contributed by atoms with Crippen LogP contribution in [0, 0.1) is 6.92 Å². The topological polar surface area (TPSA) is 80.0 Å². The molecule has 1 aliphatic rings. The first kappa shape index (κ1) is 15.1. The molecule has 0 fully saturated rings. The standard InChI is InChI=1S/C17H17NO5/c1-10-13(17(20)21)7-11(23-10)8-18(2)16(19)14-9-22-15-6-4-3-5-12(14)15/h3-7,14H,8-9H2,1-2H3,(H,20,21)/t14-/m0/s1. The average molecular weight is 315 g/mol. The lowest BCUT2D eigenvalue weighted by molar-refractivity contribution is -0.132. The number of aryl methyl sites for hydroxylation is 1. The summed E-state index contributed by atoms with van der Waals surface area (Å²) < 4.78 is 11.0. The van der Waals surface area contributed by atoms with Crippen molar-refractivity contribution in [1.82, 2.24) is 4.90 Å². The fraction of sp³-hybridized carbons (Fsp3) is 0.294. The van der Waals surface area contributed by atoms with Gasteiger partial charge in [0.25, 0.3) is 0 Å². The Balaban J connectivity index is 1.74. The molecule has 0 unspecified atom stereocenters. The van der Waals surface area contributed by atoms with Crippen molar-refractivity contribution in [2.24, 2.45) is 0 Å². The van der Waals surface area contributed by atoms with Crippen LogP contribution in [0.15, 0.2) is 34.7 Å². The average Bonchev–Trinajstić information content (AvgIpc) is 3.10. The highest BCUT2D eigenvalue weighted by Crippen LogP contribution is 2.34. The molecule has 23 heavy (non-hydrogen) atoms. The molecule has 2 heterocycles. The van der Waals surface area contributed by atoms with Crippen molar-refractivity contribution in [1.29, 1.82) is 0 Å². The van der Waals surface area contributed by atoms with Gasteiger partial charge in [-0.3, -0.25) is 4.79 Å². The lowest BCUT2D eigenvalue weighted by Crippen LogP contribution is -2.32. The lowest BCUT2D eigenvalue weighted by Gasteiger charge is -2.19. The molecule has 3 rings (SSSR count). The molecule has 1 aromatic heterocycles. The van der Waals surface area contributed by atoms with Crippen LogP contribution in [-0.4, -0.2) is 35.5 Å². The number of ether oxygens (including phenoxy) is 1. The number of hydrogen-bond acceptors (Lipinski definition) is 4. The summed E-state index contributed by atoms with van der Waals surface area (Å²) >= 11 is 0. The fourth-order valence-electron chi connectivity index (χ4n) is 2.78. The van der Waals surface area contributed by atoms with Crippen molar-refractivity contribution in [2.45, 2.75) is 19.4 Å². The number of likely N-dealkylation sites (N-methyl/N-ethyl adjacent to an activating group) is 1. The molecule has 0 spiro atoms. The molecule has 0 aliphatic carbocycles. The van der Waals surface area contributed by atoms with E-state index < -0.39 is 5.97 Å². The highest BCUT2D eigenvalue weighted by molar-refractivity contribution is 5.89. The van der Waals surface area contributed by atoms with Gasteiger partial charge in [-0.05, 0) is 19.1 Å². The Morgan fingerprint density at radius 3 is 2.78 bits per heavy atom. The van der Waals surface area contributed by atoms with Crippen LogP contribution in [0.1, 0.15) is 33.4 Å². The third-order valence-corrected chi connectivity index (χ3v) is 3.97. The van der Waals surface area contributed by atoms with Gasteiger partial charge in [-0.1, -0.05) is 18.2 Å². The first-order valence-electron chi connectivity index (χ1n) is 7.26. The molecule has 1 N–H and O–H groups in total. The van der Waals surface area contributed by atoms with Gasteiger partial charge in [-0.2, -0.15) is 0 Å². The molecule has 6 heteroatoms. The first-order valence-corrected chi connectivity index (χ1v) is 7.26. The second kappa shape index (κ2) is 5.79. The van der Waals surface area contributed by atoms with Crippen LogP contribution >= 0.6 is 0 Å². The number of benzene rings is 1. The summed E-state index contributed by atoms with van der Waals surface area (Å²) in [6.07, 6.45) is 0. The van der Waals surface area contributed by atoms with E-state index in [4.69, 9.17) is 14.3 Å². The van der Waals surface area contributed by atoms with Gasteiger partial charge in [0.2, 0.25) is 5.91 Å². The monoisotopic (exact) mass is 315 g/mol. The third-order valence-electron chi connectivity index (χ3n) is 3.97. The highest BCUT2D eigenvalue weighted by Gasteiger charge is 2.32.